The third-order valence-electron chi connectivity index (χ3n) is 3.70. The lowest BCUT2D eigenvalue weighted by atomic mass is 10.2. The number of fused-ring (bicyclic) bond motifs is 3. The van der Waals surface area contributed by atoms with Crippen LogP contribution in [-0.4, -0.2) is 32.9 Å². The quantitative estimate of drug-likeness (QED) is 0.718. The second kappa shape index (κ2) is 5.67. The van der Waals surface area contributed by atoms with E-state index in [9.17, 15) is 0 Å². The predicted molar refractivity (Wildman–Crippen MR) is 83.8 cm³/mol. The van der Waals surface area contributed by atoms with Crippen molar-refractivity contribution in [2.24, 2.45) is 0 Å². The van der Waals surface area contributed by atoms with Gasteiger partial charge in [-0.25, -0.2) is 0 Å². The van der Waals surface area contributed by atoms with E-state index in [1.54, 1.807) is 0 Å². The van der Waals surface area contributed by atoms with Gasteiger partial charge >= 0.3 is 0 Å². The van der Waals surface area contributed by atoms with Crippen LogP contribution in [0.5, 0.6) is 0 Å². The van der Waals surface area contributed by atoms with E-state index in [2.05, 4.69) is 39.8 Å². The lowest BCUT2D eigenvalue weighted by Crippen LogP contribution is -2.24. The Morgan fingerprint density at radius 1 is 1.15 bits per heavy atom. The van der Waals surface area contributed by atoms with Gasteiger partial charge in [-0.3, -0.25) is 9.88 Å². The van der Waals surface area contributed by atoms with Crippen molar-refractivity contribution in [3.8, 4) is 0 Å². The number of H-pyrrole nitrogens is 2. The zero-order valence-corrected chi connectivity index (χ0v) is 12.2. The maximum atomic E-state index is 4.47. The van der Waals surface area contributed by atoms with E-state index in [-0.39, 0.29) is 0 Å². The number of hydrogen-bond donors (Lipinski definition) is 2. The number of hydrogen-bond acceptors (Lipinski definition) is 2. The Kier molecular flexibility index (Phi) is 3.74. The molecule has 0 bridgehead atoms. The number of nitrogens with one attached hydrogen (secondary N) is 2. The summed E-state index contributed by atoms with van der Waals surface area (Å²) >= 11 is 0. The van der Waals surface area contributed by atoms with Crippen molar-refractivity contribution in [2.45, 2.75) is 33.2 Å². The molecule has 0 amide bonds. The largest absolute Gasteiger partial charge is 0.358 e. The van der Waals surface area contributed by atoms with Crippen LogP contribution in [0.4, 0.5) is 0 Å². The summed E-state index contributed by atoms with van der Waals surface area (Å²) in [7, 11) is 0. The molecule has 0 spiro atoms. The molecule has 0 atom stereocenters. The maximum absolute atomic E-state index is 4.47. The van der Waals surface area contributed by atoms with Crippen LogP contribution in [-0.2, 0) is 6.54 Å². The molecule has 2 N–H and O–H groups in total. The minimum Gasteiger partial charge on any atom is -0.358 e. The Hall–Kier alpha value is -1.81. The molecule has 3 aromatic heterocycles. The smallest absolute Gasteiger partial charge is 0.0900 e. The fraction of sp³-hybridized carbons (Fsp3) is 0.438. The summed E-state index contributed by atoms with van der Waals surface area (Å²) in [6, 6.07) is 4.23. The second-order valence-corrected chi connectivity index (χ2v) is 5.40. The average molecular weight is 270 g/mol. The first kappa shape index (κ1) is 13.2. The van der Waals surface area contributed by atoms with Crippen LogP contribution < -0.4 is 0 Å². The lowest BCUT2D eigenvalue weighted by Gasteiger charge is -2.19. The molecule has 0 unspecified atom stereocenters. The number of pyridine rings is 1. The van der Waals surface area contributed by atoms with Gasteiger partial charge in [-0.1, -0.05) is 13.8 Å². The van der Waals surface area contributed by atoms with Crippen LogP contribution in [0.2, 0.25) is 0 Å². The number of aromatic nitrogens is 3. The molecule has 20 heavy (non-hydrogen) atoms. The van der Waals surface area contributed by atoms with Crippen LogP contribution in [0, 0.1) is 0 Å². The normalized spacial score (nSPS) is 11.9. The van der Waals surface area contributed by atoms with Crippen molar-refractivity contribution in [3.63, 3.8) is 0 Å². The van der Waals surface area contributed by atoms with Crippen molar-refractivity contribution >= 4 is 21.9 Å². The molecular weight excluding hydrogens is 248 g/mol. The first-order valence-electron chi connectivity index (χ1n) is 7.47. The van der Waals surface area contributed by atoms with Crippen molar-refractivity contribution in [1.29, 1.82) is 0 Å². The van der Waals surface area contributed by atoms with Gasteiger partial charge in [-0.05, 0) is 38.1 Å². The van der Waals surface area contributed by atoms with Gasteiger partial charge < -0.3 is 9.97 Å². The first-order valence-corrected chi connectivity index (χ1v) is 7.47. The Morgan fingerprint density at radius 3 is 2.70 bits per heavy atom. The van der Waals surface area contributed by atoms with Crippen LogP contribution in [0.25, 0.3) is 21.9 Å². The van der Waals surface area contributed by atoms with Crippen molar-refractivity contribution in [1.82, 2.24) is 19.9 Å². The van der Waals surface area contributed by atoms with Gasteiger partial charge in [0.2, 0.25) is 0 Å². The first-order chi connectivity index (χ1) is 9.81. The highest BCUT2D eigenvalue weighted by molar-refractivity contribution is 6.01. The molecule has 0 aliphatic rings. The Morgan fingerprint density at radius 2 is 1.95 bits per heavy atom. The molecule has 0 aliphatic heterocycles. The van der Waals surface area contributed by atoms with Crippen LogP contribution in [0.15, 0.2) is 24.5 Å². The van der Waals surface area contributed by atoms with Crippen LogP contribution in [0.1, 0.15) is 32.4 Å². The highest BCUT2D eigenvalue weighted by Crippen LogP contribution is 2.23. The summed E-state index contributed by atoms with van der Waals surface area (Å²) in [6.45, 7) is 7.76. The molecule has 0 radical (unpaired) electrons. The standard InChI is InChI=1S/C16H22N4/c1-3-7-20(8-4-2)11-13-9-12-10-18-14-5-6-17-16(14)15(12)19-13/h5-6,9-10,17,19H,3-4,7-8,11H2,1-2H3. The van der Waals surface area contributed by atoms with E-state index in [1.165, 1.54) is 29.4 Å². The topological polar surface area (TPSA) is 47.7 Å². The van der Waals surface area contributed by atoms with Gasteiger partial charge in [0, 0.05) is 30.0 Å². The summed E-state index contributed by atoms with van der Waals surface area (Å²) in [4.78, 5) is 13.8. The van der Waals surface area contributed by atoms with Crippen LogP contribution >= 0.6 is 0 Å². The summed E-state index contributed by atoms with van der Waals surface area (Å²) < 4.78 is 0. The van der Waals surface area contributed by atoms with Crippen molar-refractivity contribution in [2.75, 3.05) is 13.1 Å². The maximum Gasteiger partial charge on any atom is 0.0900 e. The van der Waals surface area contributed by atoms with E-state index < -0.39 is 0 Å². The fourth-order valence-corrected chi connectivity index (χ4v) is 2.87. The van der Waals surface area contributed by atoms with Gasteiger partial charge in [0.1, 0.15) is 0 Å². The van der Waals surface area contributed by atoms with Gasteiger partial charge in [0.25, 0.3) is 0 Å². The van der Waals surface area contributed by atoms with Gasteiger partial charge in [0.15, 0.2) is 0 Å². The summed E-state index contributed by atoms with van der Waals surface area (Å²) in [5.41, 5.74) is 4.56. The summed E-state index contributed by atoms with van der Waals surface area (Å²) in [5.74, 6) is 0. The molecule has 3 heterocycles. The number of rotatable bonds is 6. The monoisotopic (exact) mass is 270 g/mol. The predicted octanol–water partition coefficient (Wildman–Crippen LogP) is 3.67. The SMILES string of the molecule is CCCN(CCC)Cc1cc2cnc3cc[nH]c3c2[nH]1. The highest BCUT2D eigenvalue weighted by atomic mass is 15.1. The Balaban J connectivity index is 1.91. The molecule has 4 heteroatoms. The summed E-state index contributed by atoms with van der Waals surface area (Å²) in [6.07, 6.45) is 6.29. The van der Waals surface area contributed by atoms with Crippen molar-refractivity contribution < 1.29 is 0 Å². The molecule has 0 saturated carbocycles. The summed E-state index contributed by atoms with van der Waals surface area (Å²) in [5, 5.41) is 1.18. The van der Waals surface area contributed by atoms with Crippen molar-refractivity contribution in [3.05, 3.63) is 30.2 Å². The molecular formula is C16H22N4. The molecule has 3 rings (SSSR count). The third-order valence-corrected chi connectivity index (χ3v) is 3.70. The molecule has 0 aliphatic carbocycles. The fourth-order valence-electron chi connectivity index (χ4n) is 2.87. The average Bonchev–Trinajstić information content (AvgIpc) is 3.03. The molecule has 0 saturated heterocycles. The minimum absolute atomic E-state index is 0.985. The van der Waals surface area contributed by atoms with E-state index in [1.807, 2.05) is 18.5 Å². The zero-order valence-electron chi connectivity index (χ0n) is 12.2. The molecule has 106 valence electrons. The third kappa shape index (κ3) is 2.43. The van der Waals surface area contributed by atoms with Crippen LogP contribution in [0.3, 0.4) is 0 Å². The van der Waals surface area contributed by atoms with Gasteiger partial charge in [-0.15, -0.1) is 0 Å². The van der Waals surface area contributed by atoms with Gasteiger partial charge in [0.05, 0.1) is 16.6 Å². The molecule has 3 aromatic rings. The second-order valence-electron chi connectivity index (χ2n) is 5.40. The number of nitrogens with zero attached hydrogens (tertiary/aromatic N) is 2. The number of aromatic amines is 2. The van der Waals surface area contributed by atoms with Gasteiger partial charge in [-0.2, -0.15) is 0 Å². The zero-order chi connectivity index (χ0) is 13.9. The molecule has 4 nitrogen and oxygen atoms in total. The highest BCUT2D eigenvalue weighted by Gasteiger charge is 2.09. The Bertz CT molecular complexity index is 689. The minimum atomic E-state index is 0.985. The lowest BCUT2D eigenvalue weighted by molar-refractivity contribution is 0.264. The van der Waals surface area contributed by atoms with E-state index in [0.717, 1.165) is 30.7 Å². The van der Waals surface area contributed by atoms with E-state index >= 15 is 0 Å². The van der Waals surface area contributed by atoms with E-state index in [4.69, 9.17) is 0 Å². The van der Waals surface area contributed by atoms with E-state index in [0.29, 0.717) is 0 Å². The Labute approximate surface area is 119 Å². The molecule has 0 fully saturated rings. The molecule has 0 aromatic carbocycles.